The van der Waals surface area contributed by atoms with Crippen LogP contribution < -0.4 is 38.5 Å². The van der Waals surface area contributed by atoms with Gasteiger partial charge in [-0.3, -0.25) is 29.0 Å². The Bertz CT molecular complexity index is 1030. The molecule has 0 radical (unpaired) electrons. The second kappa shape index (κ2) is 20.9. The van der Waals surface area contributed by atoms with Crippen molar-refractivity contribution in [2.75, 3.05) is 6.54 Å². The van der Waals surface area contributed by atoms with Crippen LogP contribution in [0, 0.1) is 17.8 Å². The summed E-state index contributed by atoms with van der Waals surface area (Å²) in [5, 5.41) is 29.0. The molecule has 0 aliphatic heterocycles. The average molecular weight is 643 g/mol. The number of carbonyl (C=O) groups excluding carboxylic acids is 4. The van der Waals surface area contributed by atoms with Crippen LogP contribution in [0.5, 0.6) is 0 Å². The predicted molar refractivity (Wildman–Crippen MR) is 168 cm³/mol. The lowest BCUT2D eigenvalue weighted by molar-refractivity contribution is -0.142. The number of carboxylic acid groups (broad SMARTS) is 2. The molecule has 16 heteroatoms. The minimum atomic E-state index is -1.40. The highest BCUT2D eigenvalue weighted by Gasteiger charge is 2.32. The smallest absolute Gasteiger partial charge is 0.326 e. The van der Waals surface area contributed by atoms with Gasteiger partial charge in [0.05, 0.1) is 6.04 Å². The number of guanidine groups is 1. The van der Waals surface area contributed by atoms with E-state index in [2.05, 4.69) is 26.3 Å². The van der Waals surface area contributed by atoms with Crippen LogP contribution in [0.15, 0.2) is 4.99 Å². The van der Waals surface area contributed by atoms with E-state index in [0.717, 1.165) is 0 Å². The van der Waals surface area contributed by atoms with Gasteiger partial charge in [-0.15, -0.1) is 0 Å². The summed E-state index contributed by atoms with van der Waals surface area (Å²) in [6.07, 6.45) is 0.146. The van der Waals surface area contributed by atoms with Crippen LogP contribution in [0.2, 0.25) is 0 Å². The van der Waals surface area contributed by atoms with E-state index in [-0.39, 0.29) is 62.4 Å². The SMILES string of the molecule is CC(C)CC(N)C(=O)NC(CC(C)C)C(=O)NC(CCC(=O)O)C(=O)NC(CCCN=C(N)N)C(=O)NC(CC(C)C)C(=O)O. The first-order valence-corrected chi connectivity index (χ1v) is 15.3. The highest BCUT2D eigenvalue weighted by molar-refractivity contribution is 5.95. The number of nitrogens with zero attached hydrogens (tertiary/aromatic N) is 1. The second-order valence-electron chi connectivity index (χ2n) is 12.5. The van der Waals surface area contributed by atoms with Crippen molar-refractivity contribution in [1.82, 2.24) is 21.3 Å². The molecule has 0 bridgehead atoms. The third-order valence-corrected chi connectivity index (χ3v) is 6.58. The van der Waals surface area contributed by atoms with Gasteiger partial charge in [0.2, 0.25) is 23.6 Å². The molecule has 45 heavy (non-hydrogen) atoms. The first-order chi connectivity index (χ1) is 20.8. The molecular formula is C29H54N8O8. The van der Waals surface area contributed by atoms with Crippen molar-refractivity contribution < 1.29 is 39.0 Å². The quantitative estimate of drug-likeness (QED) is 0.0408. The lowest BCUT2D eigenvalue weighted by Crippen LogP contribution is -2.58. The molecule has 0 aromatic carbocycles. The molecule has 12 N–H and O–H groups in total. The molecule has 0 aromatic rings. The molecule has 0 aliphatic rings. The fraction of sp³-hybridized carbons (Fsp3) is 0.759. The van der Waals surface area contributed by atoms with Gasteiger partial charge >= 0.3 is 11.9 Å². The summed E-state index contributed by atoms with van der Waals surface area (Å²) in [4.78, 5) is 79.7. The highest BCUT2D eigenvalue weighted by atomic mass is 16.4. The summed E-state index contributed by atoms with van der Waals surface area (Å²) in [5.41, 5.74) is 16.7. The van der Waals surface area contributed by atoms with E-state index in [0.29, 0.717) is 6.42 Å². The molecule has 0 aliphatic carbocycles. The Morgan fingerprint density at radius 3 is 1.49 bits per heavy atom. The Morgan fingerprint density at radius 2 is 1.04 bits per heavy atom. The molecule has 0 heterocycles. The zero-order valence-corrected chi connectivity index (χ0v) is 27.3. The Labute approximate surface area is 265 Å². The summed E-state index contributed by atoms with van der Waals surface area (Å²) in [6.45, 7) is 11.2. The zero-order valence-electron chi connectivity index (χ0n) is 27.3. The fourth-order valence-electron chi connectivity index (χ4n) is 4.42. The molecule has 5 unspecified atom stereocenters. The largest absolute Gasteiger partial charge is 0.481 e. The van der Waals surface area contributed by atoms with Crippen LogP contribution in [0.3, 0.4) is 0 Å². The predicted octanol–water partition coefficient (Wildman–Crippen LogP) is -0.606. The number of amides is 4. The minimum Gasteiger partial charge on any atom is -0.481 e. The first-order valence-electron chi connectivity index (χ1n) is 15.3. The number of hydrogen-bond acceptors (Lipinski definition) is 8. The summed E-state index contributed by atoms with van der Waals surface area (Å²) >= 11 is 0. The Hall–Kier alpha value is -3.95. The first kappa shape index (κ1) is 41.0. The number of nitrogens with two attached hydrogens (primary N) is 3. The standard InChI is InChI=1S/C29H54N8O8/c1-15(2)12-18(30)24(40)36-21(13-16(3)4)27(43)35-20(9-10-23(38)39)26(42)34-19(8-7-11-33-29(31)32)25(41)37-22(28(44)45)14-17(5)6/h15-22H,7-14,30H2,1-6H3,(H,34,42)(H,35,43)(H,36,40)(H,37,41)(H,38,39)(H,44,45)(H4,31,32,33). The van der Waals surface area contributed by atoms with Crippen molar-refractivity contribution >= 4 is 41.5 Å². The molecule has 0 saturated carbocycles. The van der Waals surface area contributed by atoms with Crippen molar-refractivity contribution in [2.24, 2.45) is 39.9 Å². The van der Waals surface area contributed by atoms with Crippen LogP contribution >= 0.6 is 0 Å². The minimum absolute atomic E-state index is 0.00173. The van der Waals surface area contributed by atoms with Gasteiger partial charge in [0, 0.05) is 13.0 Å². The Morgan fingerprint density at radius 1 is 0.622 bits per heavy atom. The summed E-state index contributed by atoms with van der Waals surface area (Å²) in [7, 11) is 0. The van der Waals surface area contributed by atoms with E-state index in [4.69, 9.17) is 17.2 Å². The van der Waals surface area contributed by atoms with Crippen LogP contribution in [0.4, 0.5) is 0 Å². The topological polar surface area (TPSA) is 281 Å². The van der Waals surface area contributed by atoms with E-state index in [1.54, 1.807) is 13.8 Å². The van der Waals surface area contributed by atoms with Gasteiger partial charge in [0.25, 0.3) is 0 Å². The lowest BCUT2D eigenvalue weighted by Gasteiger charge is -2.27. The van der Waals surface area contributed by atoms with Gasteiger partial charge in [0.1, 0.15) is 24.2 Å². The van der Waals surface area contributed by atoms with Crippen molar-refractivity contribution in [2.45, 2.75) is 117 Å². The molecule has 258 valence electrons. The van der Waals surface area contributed by atoms with Crippen molar-refractivity contribution in [3.8, 4) is 0 Å². The van der Waals surface area contributed by atoms with Crippen molar-refractivity contribution in [1.29, 1.82) is 0 Å². The van der Waals surface area contributed by atoms with Crippen LogP contribution in [-0.2, 0) is 28.8 Å². The summed E-state index contributed by atoms with van der Waals surface area (Å²) in [5.74, 6) is -5.53. The van der Waals surface area contributed by atoms with Gasteiger partial charge in [-0.2, -0.15) is 0 Å². The summed E-state index contributed by atoms with van der Waals surface area (Å²) < 4.78 is 0. The number of rotatable bonds is 22. The lowest BCUT2D eigenvalue weighted by atomic mass is 10.00. The Kier molecular flexibility index (Phi) is 19.1. The molecule has 0 spiro atoms. The van der Waals surface area contributed by atoms with Gasteiger partial charge < -0.3 is 48.7 Å². The van der Waals surface area contributed by atoms with Crippen LogP contribution in [0.1, 0.15) is 86.5 Å². The maximum atomic E-state index is 13.5. The van der Waals surface area contributed by atoms with Gasteiger partial charge in [-0.1, -0.05) is 41.5 Å². The maximum Gasteiger partial charge on any atom is 0.326 e. The fourth-order valence-corrected chi connectivity index (χ4v) is 4.42. The molecule has 5 atom stereocenters. The Balaban J connectivity index is 6.08. The third kappa shape index (κ3) is 18.5. The van der Waals surface area contributed by atoms with E-state index in [1.165, 1.54) is 0 Å². The van der Waals surface area contributed by atoms with E-state index in [9.17, 15) is 39.0 Å². The number of aliphatic carboxylic acids is 2. The number of carbonyl (C=O) groups is 6. The van der Waals surface area contributed by atoms with Crippen molar-refractivity contribution in [3.05, 3.63) is 0 Å². The van der Waals surface area contributed by atoms with Gasteiger partial charge in [-0.25, -0.2) is 4.79 Å². The van der Waals surface area contributed by atoms with Gasteiger partial charge in [-0.05, 0) is 56.3 Å². The monoisotopic (exact) mass is 642 g/mol. The molecule has 0 fully saturated rings. The second-order valence-corrected chi connectivity index (χ2v) is 12.5. The third-order valence-electron chi connectivity index (χ3n) is 6.58. The zero-order chi connectivity index (χ0) is 34.9. The van der Waals surface area contributed by atoms with E-state index in [1.807, 2.05) is 27.7 Å². The normalized spacial score (nSPS) is 14.5. The molecule has 0 rings (SSSR count). The highest BCUT2D eigenvalue weighted by Crippen LogP contribution is 2.11. The van der Waals surface area contributed by atoms with Crippen LogP contribution in [-0.4, -0.2) is 88.5 Å². The number of hydrogen-bond donors (Lipinski definition) is 9. The molecular weight excluding hydrogens is 588 g/mol. The molecule has 16 nitrogen and oxygen atoms in total. The summed E-state index contributed by atoms with van der Waals surface area (Å²) in [6, 6.07) is -5.81. The van der Waals surface area contributed by atoms with Crippen LogP contribution in [0.25, 0.3) is 0 Å². The molecule has 4 amide bonds. The number of nitrogens with one attached hydrogen (secondary N) is 4. The van der Waals surface area contributed by atoms with Gasteiger partial charge in [0.15, 0.2) is 5.96 Å². The molecule has 0 saturated heterocycles. The van der Waals surface area contributed by atoms with E-state index < -0.39 is 72.2 Å². The van der Waals surface area contributed by atoms with E-state index >= 15 is 0 Å². The average Bonchev–Trinajstić information content (AvgIpc) is 2.90. The number of aliphatic imine (C=N–C) groups is 1. The number of carboxylic acids is 2. The molecule has 0 aromatic heterocycles. The maximum absolute atomic E-state index is 13.5. The van der Waals surface area contributed by atoms with Crippen molar-refractivity contribution in [3.63, 3.8) is 0 Å².